The minimum absolute atomic E-state index is 0.171. The van der Waals surface area contributed by atoms with Crippen LogP contribution in [0.4, 0.5) is 5.69 Å². The molecule has 7 heteroatoms. The van der Waals surface area contributed by atoms with E-state index in [9.17, 15) is 9.59 Å². The third-order valence-electron chi connectivity index (χ3n) is 5.26. The molecule has 0 radical (unpaired) electrons. The maximum Gasteiger partial charge on any atom is 0.239 e. The number of aryl methyl sites for hydroxylation is 1. The molecule has 2 aromatic carbocycles. The van der Waals surface area contributed by atoms with Gasteiger partial charge in [-0.3, -0.25) is 25.3 Å². The van der Waals surface area contributed by atoms with Crippen LogP contribution in [0, 0.1) is 0 Å². The fourth-order valence-corrected chi connectivity index (χ4v) is 3.48. The fraction of sp³-hybridized carbons (Fsp3) is 0.391. The number of anilines is 1. The van der Waals surface area contributed by atoms with Gasteiger partial charge in [0.05, 0.1) is 7.11 Å². The van der Waals surface area contributed by atoms with Crippen LogP contribution in [0.2, 0.25) is 0 Å². The highest BCUT2D eigenvalue weighted by atomic mass is 16.5. The van der Waals surface area contributed by atoms with Crippen molar-refractivity contribution >= 4 is 17.5 Å². The van der Waals surface area contributed by atoms with Gasteiger partial charge >= 0.3 is 0 Å². The van der Waals surface area contributed by atoms with E-state index in [2.05, 4.69) is 44.9 Å². The van der Waals surface area contributed by atoms with Crippen LogP contribution in [0.5, 0.6) is 5.75 Å². The van der Waals surface area contributed by atoms with Crippen molar-refractivity contribution in [3.8, 4) is 5.75 Å². The molecular formula is C23H30N4O3. The molecule has 1 heterocycles. The normalized spacial score (nSPS) is 14.2. The second-order valence-electron chi connectivity index (χ2n) is 7.36. The smallest absolute Gasteiger partial charge is 0.239 e. The molecule has 0 spiro atoms. The molecule has 0 aromatic heterocycles. The summed E-state index contributed by atoms with van der Waals surface area (Å²) in [4.78, 5) is 28.7. The molecular weight excluding hydrogens is 380 g/mol. The fourth-order valence-electron chi connectivity index (χ4n) is 3.48. The minimum atomic E-state index is -0.206. The summed E-state index contributed by atoms with van der Waals surface area (Å²) in [7, 11) is 1.62. The zero-order valence-electron chi connectivity index (χ0n) is 17.5. The van der Waals surface area contributed by atoms with Crippen LogP contribution < -0.4 is 20.5 Å². The molecule has 0 unspecified atom stereocenters. The van der Waals surface area contributed by atoms with Gasteiger partial charge in [0, 0.05) is 51.3 Å². The van der Waals surface area contributed by atoms with Gasteiger partial charge in [-0.05, 0) is 36.2 Å². The number of carbonyl (C=O) groups excluding carboxylic acids is 2. The number of hydrazine groups is 1. The average molecular weight is 411 g/mol. The Bertz CT molecular complexity index is 820. The van der Waals surface area contributed by atoms with Crippen molar-refractivity contribution in [1.29, 1.82) is 0 Å². The lowest BCUT2D eigenvalue weighted by molar-refractivity contribution is -0.129. The lowest BCUT2D eigenvalue weighted by Gasteiger charge is -2.36. The number of carbonyl (C=O) groups is 2. The van der Waals surface area contributed by atoms with Crippen molar-refractivity contribution < 1.29 is 14.3 Å². The monoisotopic (exact) mass is 410 g/mol. The lowest BCUT2D eigenvalue weighted by Crippen LogP contribution is -2.48. The zero-order chi connectivity index (χ0) is 21.2. The molecule has 1 saturated heterocycles. The molecule has 0 aliphatic carbocycles. The van der Waals surface area contributed by atoms with Gasteiger partial charge in [0.1, 0.15) is 5.75 Å². The number of amides is 2. The second-order valence-corrected chi connectivity index (χ2v) is 7.36. The van der Waals surface area contributed by atoms with Gasteiger partial charge in [0.25, 0.3) is 0 Å². The number of nitrogens with zero attached hydrogens (tertiary/aromatic N) is 2. The molecule has 0 saturated carbocycles. The van der Waals surface area contributed by atoms with Crippen LogP contribution >= 0.6 is 0 Å². The first-order valence-corrected chi connectivity index (χ1v) is 10.4. The molecule has 7 nitrogen and oxygen atoms in total. The van der Waals surface area contributed by atoms with E-state index in [1.54, 1.807) is 7.11 Å². The number of methoxy groups -OCH3 is 1. The summed E-state index contributed by atoms with van der Waals surface area (Å²) in [6.45, 7) is 4.44. The Hall–Kier alpha value is -3.06. The molecule has 0 bridgehead atoms. The highest BCUT2D eigenvalue weighted by Gasteiger charge is 2.17. The van der Waals surface area contributed by atoms with Crippen molar-refractivity contribution in [3.05, 3.63) is 60.2 Å². The summed E-state index contributed by atoms with van der Waals surface area (Å²) in [6.07, 6.45) is 1.25. The molecule has 160 valence electrons. The maximum atomic E-state index is 12.1. The third-order valence-corrected chi connectivity index (χ3v) is 5.26. The van der Waals surface area contributed by atoms with Crippen LogP contribution in [0.15, 0.2) is 54.6 Å². The molecule has 30 heavy (non-hydrogen) atoms. The van der Waals surface area contributed by atoms with Gasteiger partial charge in [-0.2, -0.15) is 0 Å². The van der Waals surface area contributed by atoms with E-state index in [1.807, 2.05) is 30.3 Å². The van der Waals surface area contributed by atoms with Crippen LogP contribution in [0.3, 0.4) is 0 Å². The van der Waals surface area contributed by atoms with E-state index < -0.39 is 0 Å². The van der Waals surface area contributed by atoms with Crippen molar-refractivity contribution in [2.75, 3.05) is 44.7 Å². The van der Waals surface area contributed by atoms with Gasteiger partial charge < -0.3 is 9.64 Å². The van der Waals surface area contributed by atoms with Gasteiger partial charge in [-0.25, -0.2) is 0 Å². The van der Waals surface area contributed by atoms with Crippen molar-refractivity contribution in [3.63, 3.8) is 0 Å². The summed E-state index contributed by atoms with van der Waals surface area (Å²) < 4.78 is 5.18. The number of ether oxygens (including phenoxy) is 1. The lowest BCUT2D eigenvalue weighted by atomic mass is 10.1. The van der Waals surface area contributed by atoms with E-state index in [1.165, 1.54) is 5.69 Å². The first-order valence-electron chi connectivity index (χ1n) is 10.4. The standard InChI is InChI=1S/C23H30N4O3/c1-30-21-9-5-6-19(18-21)10-11-22(28)24-25-23(29)12-13-26-14-16-27(17-15-26)20-7-3-2-4-8-20/h2-9,18H,10-17H2,1H3,(H,24,28)(H,25,29). The van der Waals surface area contributed by atoms with Crippen LogP contribution in [0.1, 0.15) is 18.4 Å². The number of para-hydroxylation sites is 1. The molecule has 2 N–H and O–H groups in total. The van der Waals surface area contributed by atoms with Gasteiger partial charge in [0.15, 0.2) is 0 Å². The number of hydrogen-bond donors (Lipinski definition) is 2. The van der Waals surface area contributed by atoms with E-state index in [0.29, 0.717) is 25.8 Å². The molecule has 1 aliphatic rings. The summed E-state index contributed by atoms with van der Waals surface area (Å²) in [6, 6.07) is 18.0. The molecule has 1 aliphatic heterocycles. The van der Waals surface area contributed by atoms with Crippen molar-refractivity contribution in [2.45, 2.75) is 19.3 Å². The van der Waals surface area contributed by atoms with Crippen LogP contribution in [0.25, 0.3) is 0 Å². The average Bonchev–Trinajstić information content (AvgIpc) is 2.81. The largest absolute Gasteiger partial charge is 0.497 e. The quantitative estimate of drug-likeness (QED) is 0.651. The predicted molar refractivity (Wildman–Crippen MR) is 117 cm³/mol. The summed E-state index contributed by atoms with van der Waals surface area (Å²) >= 11 is 0. The highest BCUT2D eigenvalue weighted by Crippen LogP contribution is 2.16. The van der Waals surface area contributed by atoms with Crippen molar-refractivity contribution in [1.82, 2.24) is 15.8 Å². The second kappa shape index (κ2) is 11.2. The highest BCUT2D eigenvalue weighted by molar-refractivity contribution is 5.82. The van der Waals surface area contributed by atoms with E-state index in [-0.39, 0.29) is 11.8 Å². The predicted octanol–water partition coefficient (Wildman–Crippen LogP) is 1.99. The number of rotatable bonds is 8. The number of hydrogen-bond acceptors (Lipinski definition) is 5. The third kappa shape index (κ3) is 6.77. The van der Waals surface area contributed by atoms with E-state index in [0.717, 1.165) is 37.5 Å². The SMILES string of the molecule is COc1cccc(CCC(=O)NNC(=O)CCN2CCN(c3ccccc3)CC2)c1. The van der Waals surface area contributed by atoms with Gasteiger partial charge in [-0.15, -0.1) is 0 Å². The number of piperazine rings is 1. The Labute approximate surface area is 178 Å². The molecule has 2 aromatic rings. The minimum Gasteiger partial charge on any atom is -0.497 e. The Kier molecular flexibility index (Phi) is 8.09. The Balaban J connectivity index is 1.29. The molecule has 2 amide bonds. The van der Waals surface area contributed by atoms with E-state index in [4.69, 9.17) is 4.74 Å². The number of nitrogens with one attached hydrogen (secondary N) is 2. The first-order chi connectivity index (χ1) is 14.6. The van der Waals surface area contributed by atoms with Crippen molar-refractivity contribution in [2.24, 2.45) is 0 Å². The maximum absolute atomic E-state index is 12.1. The summed E-state index contributed by atoms with van der Waals surface area (Å²) in [5, 5.41) is 0. The van der Waals surface area contributed by atoms with Crippen LogP contribution in [-0.2, 0) is 16.0 Å². The van der Waals surface area contributed by atoms with E-state index >= 15 is 0 Å². The molecule has 1 fully saturated rings. The summed E-state index contributed by atoms with van der Waals surface area (Å²) in [5.74, 6) is 0.392. The van der Waals surface area contributed by atoms with Crippen LogP contribution in [-0.4, -0.2) is 56.5 Å². The Morgan fingerprint density at radius 2 is 1.60 bits per heavy atom. The molecule has 0 atom stereocenters. The Morgan fingerprint density at radius 1 is 0.900 bits per heavy atom. The summed E-state index contributed by atoms with van der Waals surface area (Å²) in [5.41, 5.74) is 7.28. The van der Waals surface area contributed by atoms with Gasteiger partial charge in [0.2, 0.25) is 11.8 Å². The first kappa shape index (κ1) is 21.6. The number of benzene rings is 2. The van der Waals surface area contributed by atoms with Gasteiger partial charge in [-0.1, -0.05) is 30.3 Å². The topological polar surface area (TPSA) is 73.9 Å². The zero-order valence-corrected chi connectivity index (χ0v) is 17.5. The Morgan fingerprint density at radius 3 is 2.30 bits per heavy atom. The molecule has 3 rings (SSSR count).